The lowest BCUT2D eigenvalue weighted by atomic mass is 10.0. The fourth-order valence-corrected chi connectivity index (χ4v) is 2.96. The summed E-state index contributed by atoms with van der Waals surface area (Å²) in [5, 5.41) is 0.619. The number of amides is 1. The first-order valence-electron chi connectivity index (χ1n) is 7.36. The van der Waals surface area contributed by atoms with E-state index in [0.717, 1.165) is 4.90 Å². The largest absolute Gasteiger partial charge is 0.493 e. The number of para-hydroxylation sites is 1. The normalized spacial score (nSPS) is 19.1. The summed E-state index contributed by atoms with van der Waals surface area (Å²) in [6, 6.07) is 4.82. The number of hydrogen-bond donors (Lipinski definition) is 0. The SMILES string of the molecule is COc1cccc2cc(C(=O)N3CCCCC3C(F)(F)F)oc12. The molecule has 23 heavy (non-hydrogen) atoms. The van der Waals surface area contributed by atoms with E-state index < -0.39 is 18.1 Å². The smallest absolute Gasteiger partial charge is 0.408 e. The summed E-state index contributed by atoms with van der Waals surface area (Å²) in [7, 11) is 1.46. The van der Waals surface area contributed by atoms with Crippen molar-refractivity contribution in [3.05, 3.63) is 30.0 Å². The highest BCUT2D eigenvalue weighted by molar-refractivity contribution is 5.97. The minimum Gasteiger partial charge on any atom is -0.493 e. The highest BCUT2D eigenvalue weighted by atomic mass is 19.4. The fraction of sp³-hybridized carbons (Fsp3) is 0.438. The zero-order valence-corrected chi connectivity index (χ0v) is 12.5. The molecule has 2 heterocycles. The number of halogens is 3. The van der Waals surface area contributed by atoms with Crippen LogP contribution >= 0.6 is 0 Å². The molecule has 1 aliphatic rings. The van der Waals surface area contributed by atoms with Crippen molar-refractivity contribution in [1.82, 2.24) is 4.90 Å². The van der Waals surface area contributed by atoms with E-state index in [4.69, 9.17) is 9.15 Å². The van der Waals surface area contributed by atoms with Gasteiger partial charge in [0.25, 0.3) is 5.91 Å². The summed E-state index contributed by atoms with van der Waals surface area (Å²) in [4.78, 5) is 13.4. The van der Waals surface area contributed by atoms with Gasteiger partial charge in [0.05, 0.1) is 7.11 Å². The Morgan fingerprint density at radius 2 is 2.13 bits per heavy atom. The molecule has 0 radical (unpaired) electrons. The van der Waals surface area contributed by atoms with Gasteiger partial charge in [-0.05, 0) is 31.4 Å². The number of nitrogens with zero attached hydrogens (tertiary/aromatic N) is 1. The topological polar surface area (TPSA) is 42.7 Å². The molecule has 3 rings (SSSR count). The van der Waals surface area contributed by atoms with Crippen molar-refractivity contribution in [2.75, 3.05) is 13.7 Å². The lowest BCUT2D eigenvalue weighted by Gasteiger charge is -2.36. The van der Waals surface area contributed by atoms with Gasteiger partial charge in [0, 0.05) is 11.9 Å². The number of hydrogen-bond acceptors (Lipinski definition) is 3. The van der Waals surface area contributed by atoms with Crippen molar-refractivity contribution < 1.29 is 27.1 Å². The second-order valence-corrected chi connectivity index (χ2v) is 5.54. The molecule has 1 unspecified atom stereocenters. The summed E-state index contributed by atoms with van der Waals surface area (Å²) in [5.41, 5.74) is 0.360. The summed E-state index contributed by atoms with van der Waals surface area (Å²) in [6.07, 6.45) is -3.48. The Labute approximate surface area is 130 Å². The van der Waals surface area contributed by atoms with Gasteiger partial charge in [0.2, 0.25) is 0 Å². The minimum atomic E-state index is -4.43. The van der Waals surface area contributed by atoms with Crippen LogP contribution in [0.5, 0.6) is 5.75 Å². The molecular weight excluding hydrogens is 311 g/mol. The molecule has 0 N–H and O–H groups in total. The number of methoxy groups -OCH3 is 1. The predicted molar refractivity (Wildman–Crippen MR) is 77.5 cm³/mol. The third-order valence-electron chi connectivity index (χ3n) is 4.08. The van der Waals surface area contributed by atoms with Crippen LogP contribution in [0.3, 0.4) is 0 Å². The number of carbonyl (C=O) groups is 1. The molecule has 4 nitrogen and oxygen atoms in total. The molecule has 0 saturated carbocycles. The van der Waals surface area contributed by atoms with Gasteiger partial charge in [-0.2, -0.15) is 13.2 Å². The van der Waals surface area contributed by atoms with Gasteiger partial charge in [-0.3, -0.25) is 4.79 Å². The summed E-state index contributed by atoms with van der Waals surface area (Å²) < 4.78 is 50.1. The number of rotatable bonds is 2. The zero-order valence-electron chi connectivity index (χ0n) is 12.5. The average molecular weight is 327 g/mol. The molecule has 1 fully saturated rings. The van der Waals surface area contributed by atoms with E-state index in [9.17, 15) is 18.0 Å². The molecule has 1 atom stereocenters. The number of alkyl halides is 3. The molecule has 1 aliphatic heterocycles. The number of likely N-dealkylation sites (tertiary alicyclic amines) is 1. The second kappa shape index (κ2) is 5.79. The first-order chi connectivity index (χ1) is 10.9. The van der Waals surface area contributed by atoms with Gasteiger partial charge in [-0.15, -0.1) is 0 Å². The first kappa shape index (κ1) is 15.7. The predicted octanol–water partition coefficient (Wildman–Crippen LogP) is 4.00. The number of carbonyl (C=O) groups excluding carboxylic acids is 1. The van der Waals surface area contributed by atoms with Crippen molar-refractivity contribution in [1.29, 1.82) is 0 Å². The van der Waals surface area contributed by atoms with Gasteiger partial charge in [-0.25, -0.2) is 0 Å². The molecule has 0 bridgehead atoms. The number of benzene rings is 1. The highest BCUT2D eigenvalue weighted by Crippen LogP contribution is 2.34. The Morgan fingerprint density at radius 1 is 1.35 bits per heavy atom. The first-order valence-corrected chi connectivity index (χ1v) is 7.36. The van der Waals surface area contributed by atoms with Gasteiger partial charge in [-0.1, -0.05) is 12.1 Å². The van der Waals surface area contributed by atoms with Gasteiger partial charge in [0.1, 0.15) is 6.04 Å². The van der Waals surface area contributed by atoms with Crippen LogP contribution < -0.4 is 4.74 Å². The number of piperidine rings is 1. The molecule has 7 heteroatoms. The molecule has 124 valence electrons. The second-order valence-electron chi connectivity index (χ2n) is 5.54. The molecule has 1 amide bonds. The van der Waals surface area contributed by atoms with Crippen LogP contribution in [0.25, 0.3) is 11.0 Å². The molecule has 0 spiro atoms. The number of furan rings is 1. The number of fused-ring (bicyclic) bond motifs is 1. The standard InChI is InChI=1S/C16H16F3NO3/c1-22-11-6-4-5-10-9-12(23-14(10)11)15(21)20-8-3-2-7-13(20)16(17,18)19/h4-6,9,13H,2-3,7-8H2,1H3. The molecule has 2 aromatic rings. The molecule has 1 aromatic carbocycles. The average Bonchev–Trinajstić information content (AvgIpc) is 2.97. The summed E-state index contributed by atoms with van der Waals surface area (Å²) in [5.74, 6) is -0.390. The van der Waals surface area contributed by atoms with Crippen LogP contribution in [0.2, 0.25) is 0 Å². The third-order valence-corrected chi connectivity index (χ3v) is 4.08. The summed E-state index contributed by atoms with van der Waals surface area (Å²) >= 11 is 0. The lowest BCUT2D eigenvalue weighted by Crippen LogP contribution is -2.51. The molecular formula is C16H16F3NO3. The molecule has 1 saturated heterocycles. The van der Waals surface area contributed by atoms with E-state index in [2.05, 4.69) is 0 Å². The van der Waals surface area contributed by atoms with Crippen LogP contribution in [0, 0.1) is 0 Å². The Kier molecular flexibility index (Phi) is 3.95. The Bertz CT molecular complexity index is 723. The maximum absolute atomic E-state index is 13.1. The van der Waals surface area contributed by atoms with E-state index in [-0.39, 0.29) is 18.7 Å². The quantitative estimate of drug-likeness (QED) is 0.837. The Balaban J connectivity index is 1.95. The molecule has 0 aliphatic carbocycles. The number of ether oxygens (including phenoxy) is 1. The maximum Gasteiger partial charge on any atom is 0.408 e. The lowest BCUT2D eigenvalue weighted by molar-refractivity contribution is -0.183. The van der Waals surface area contributed by atoms with Crippen molar-refractivity contribution in [2.24, 2.45) is 0 Å². The maximum atomic E-state index is 13.1. The van der Waals surface area contributed by atoms with Crippen molar-refractivity contribution in [2.45, 2.75) is 31.5 Å². The van der Waals surface area contributed by atoms with E-state index >= 15 is 0 Å². The minimum absolute atomic E-state index is 0.0706. The highest BCUT2D eigenvalue weighted by Gasteiger charge is 2.46. The van der Waals surface area contributed by atoms with Crippen molar-refractivity contribution >= 4 is 16.9 Å². The van der Waals surface area contributed by atoms with Crippen LogP contribution in [0.15, 0.2) is 28.7 Å². The van der Waals surface area contributed by atoms with Crippen LogP contribution in [0.4, 0.5) is 13.2 Å². The zero-order chi connectivity index (χ0) is 16.6. The van der Waals surface area contributed by atoms with E-state index in [1.807, 2.05) is 0 Å². The third kappa shape index (κ3) is 2.87. The van der Waals surface area contributed by atoms with E-state index in [1.165, 1.54) is 13.2 Å². The van der Waals surface area contributed by atoms with Crippen molar-refractivity contribution in [3.63, 3.8) is 0 Å². The molecule has 1 aromatic heterocycles. The van der Waals surface area contributed by atoms with E-state index in [1.54, 1.807) is 18.2 Å². The van der Waals surface area contributed by atoms with Crippen molar-refractivity contribution in [3.8, 4) is 5.75 Å². The van der Waals surface area contributed by atoms with Crippen LogP contribution in [-0.4, -0.2) is 36.7 Å². The Hall–Kier alpha value is -2.18. The van der Waals surface area contributed by atoms with Gasteiger partial charge < -0.3 is 14.1 Å². The van der Waals surface area contributed by atoms with E-state index in [0.29, 0.717) is 29.6 Å². The Morgan fingerprint density at radius 3 is 2.83 bits per heavy atom. The fourth-order valence-electron chi connectivity index (χ4n) is 2.96. The van der Waals surface area contributed by atoms with Gasteiger partial charge in [0.15, 0.2) is 17.1 Å². The van der Waals surface area contributed by atoms with Gasteiger partial charge >= 0.3 is 6.18 Å². The van der Waals surface area contributed by atoms with Crippen LogP contribution in [0.1, 0.15) is 29.8 Å². The summed E-state index contributed by atoms with van der Waals surface area (Å²) in [6.45, 7) is 0.0805. The monoisotopic (exact) mass is 327 g/mol. The van der Waals surface area contributed by atoms with Crippen LogP contribution in [-0.2, 0) is 0 Å².